The highest BCUT2D eigenvalue weighted by Gasteiger charge is 2.66. The number of hydrogen-bond acceptors (Lipinski definition) is 17. The third-order valence-electron chi connectivity index (χ3n) is 18.4. The van der Waals surface area contributed by atoms with E-state index in [2.05, 4.69) is 41.5 Å². The predicted molar refractivity (Wildman–Crippen MR) is 224 cm³/mol. The fourth-order valence-corrected chi connectivity index (χ4v) is 14.5. The van der Waals surface area contributed by atoms with Crippen molar-refractivity contribution in [3.05, 3.63) is 11.1 Å². The third kappa shape index (κ3) is 7.95. The Morgan fingerprint density at radius 3 is 1.95 bits per heavy atom. The molecule has 0 aromatic carbocycles. The Bertz CT molecular complexity index is 1740. The highest BCUT2D eigenvalue weighted by atomic mass is 16.7. The molecule has 366 valence electrons. The molecular formula is C47H76O17. The lowest BCUT2D eigenvalue weighted by atomic mass is 9.38. The lowest BCUT2D eigenvalue weighted by Gasteiger charge is -2.67. The molecule has 0 aromatic heterocycles. The van der Waals surface area contributed by atoms with Crippen LogP contribution in [0.15, 0.2) is 11.1 Å². The van der Waals surface area contributed by atoms with Crippen LogP contribution in [0.5, 0.6) is 0 Å². The van der Waals surface area contributed by atoms with Crippen molar-refractivity contribution in [2.75, 3.05) is 13.2 Å². The van der Waals surface area contributed by atoms with E-state index in [1.807, 2.05) is 0 Å². The zero-order valence-electron chi connectivity index (χ0n) is 38.5. The minimum atomic E-state index is -1.67. The normalized spacial score (nSPS) is 52.4. The Balaban J connectivity index is 0.979. The summed E-state index contributed by atoms with van der Waals surface area (Å²) in [6.45, 7) is 14.3. The van der Waals surface area contributed by atoms with E-state index in [1.165, 1.54) is 11.1 Å². The highest BCUT2D eigenvalue weighted by Crippen LogP contribution is 2.72. The second-order valence-electron chi connectivity index (χ2n) is 22.8. The molecule has 0 spiro atoms. The van der Waals surface area contributed by atoms with Gasteiger partial charge in [-0.25, -0.2) is 0 Å². The first-order valence-electron chi connectivity index (χ1n) is 23.8. The van der Waals surface area contributed by atoms with Gasteiger partial charge in [0.05, 0.1) is 30.8 Å². The number of aliphatic hydroxyl groups is 10. The van der Waals surface area contributed by atoms with E-state index < -0.39 is 122 Å². The molecule has 3 heterocycles. The Labute approximate surface area is 376 Å². The number of carbonyl (C=O) groups is 1. The lowest BCUT2D eigenvalue weighted by Crippen LogP contribution is -2.64. The first kappa shape index (κ1) is 49.0. The molecule has 22 unspecified atom stereocenters. The number of hydrogen-bond donors (Lipinski definition) is 10. The summed E-state index contributed by atoms with van der Waals surface area (Å²) in [5.41, 5.74) is 1.51. The van der Waals surface area contributed by atoms with E-state index in [4.69, 9.17) is 28.4 Å². The lowest BCUT2D eigenvalue weighted by molar-refractivity contribution is -0.344. The van der Waals surface area contributed by atoms with Gasteiger partial charge in [-0.1, -0.05) is 52.7 Å². The summed E-state index contributed by atoms with van der Waals surface area (Å²) in [6, 6.07) is 0. The topological polar surface area (TPSA) is 275 Å². The van der Waals surface area contributed by atoms with Crippen molar-refractivity contribution in [1.82, 2.24) is 0 Å². The van der Waals surface area contributed by atoms with E-state index in [0.717, 1.165) is 51.4 Å². The summed E-state index contributed by atoms with van der Waals surface area (Å²) in [7, 11) is 0. The molecule has 0 bridgehead atoms. The SMILES string of the molecule is CC1OC(OC(=O)C23CCC4=C(CCC5C4(C)CCC4C(C)(C)C(OC6OC(COC7OC(CO)C(O)C(O)C7O)C(O)C(O)C6O)CCC54C)C2CC(C)(C)CC3)C(O)C(O)C1O. The van der Waals surface area contributed by atoms with Crippen LogP contribution in [0.25, 0.3) is 0 Å². The molecule has 6 fully saturated rings. The Morgan fingerprint density at radius 2 is 1.27 bits per heavy atom. The number of esters is 1. The van der Waals surface area contributed by atoms with Crippen molar-refractivity contribution in [1.29, 1.82) is 0 Å². The molecule has 0 aromatic rings. The summed E-state index contributed by atoms with van der Waals surface area (Å²) in [5.74, 6) is 0.146. The van der Waals surface area contributed by atoms with Crippen LogP contribution in [-0.4, -0.2) is 168 Å². The van der Waals surface area contributed by atoms with Crippen LogP contribution < -0.4 is 0 Å². The second-order valence-corrected chi connectivity index (χ2v) is 22.8. The van der Waals surface area contributed by atoms with Gasteiger partial charge in [0.1, 0.15) is 67.1 Å². The Kier molecular flexibility index (Phi) is 13.4. The van der Waals surface area contributed by atoms with Gasteiger partial charge in [0, 0.05) is 0 Å². The quantitative estimate of drug-likeness (QED) is 0.0922. The number of rotatable bonds is 8. The first-order valence-corrected chi connectivity index (χ1v) is 23.8. The van der Waals surface area contributed by atoms with Gasteiger partial charge in [0.25, 0.3) is 0 Å². The molecule has 22 atom stereocenters. The molecule has 17 heteroatoms. The fourth-order valence-electron chi connectivity index (χ4n) is 14.5. The van der Waals surface area contributed by atoms with E-state index in [1.54, 1.807) is 6.92 Å². The number of allylic oxidation sites excluding steroid dienone is 2. The molecule has 3 aliphatic heterocycles. The Morgan fingerprint density at radius 1 is 0.641 bits per heavy atom. The summed E-state index contributed by atoms with van der Waals surface area (Å²) >= 11 is 0. The molecule has 3 saturated heterocycles. The Hall–Kier alpha value is -1.39. The molecule has 64 heavy (non-hydrogen) atoms. The zero-order chi connectivity index (χ0) is 46.6. The minimum Gasteiger partial charge on any atom is -0.432 e. The summed E-state index contributed by atoms with van der Waals surface area (Å²) in [6.07, 6.45) is -13.0. The van der Waals surface area contributed by atoms with Gasteiger partial charge < -0.3 is 79.5 Å². The third-order valence-corrected chi connectivity index (χ3v) is 18.4. The van der Waals surface area contributed by atoms with E-state index >= 15 is 0 Å². The van der Waals surface area contributed by atoms with Gasteiger partial charge in [-0.2, -0.15) is 0 Å². The maximum absolute atomic E-state index is 14.5. The standard InChI is InChI=1S/C47H76O17/c1-21-30(49)33(52)37(56)40(60-21)64-42(58)47-15-10-23-22(24(47)18-43(2,3)16-17-47)8-9-28-45(23,6)13-11-27-44(4,5)29(12-14-46(27,28)7)63-41-38(57)35(54)32(51)26(62-41)20-59-39-36(55)34(53)31(50)25(19-48)61-39/h21,24-41,48-57H,8-20H2,1-7H3. The number of ether oxygens (including phenoxy) is 6. The molecular weight excluding hydrogens is 836 g/mol. The van der Waals surface area contributed by atoms with Gasteiger partial charge in [0.15, 0.2) is 12.6 Å². The van der Waals surface area contributed by atoms with Crippen molar-refractivity contribution < 1.29 is 84.3 Å². The van der Waals surface area contributed by atoms with Crippen molar-refractivity contribution >= 4 is 5.97 Å². The van der Waals surface area contributed by atoms with Crippen LogP contribution in [0.4, 0.5) is 0 Å². The van der Waals surface area contributed by atoms with Crippen LogP contribution >= 0.6 is 0 Å². The van der Waals surface area contributed by atoms with E-state index in [0.29, 0.717) is 25.2 Å². The smallest absolute Gasteiger partial charge is 0.315 e. The largest absolute Gasteiger partial charge is 0.432 e. The molecule has 0 radical (unpaired) electrons. The first-order chi connectivity index (χ1) is 29.9. The molecule has 5 aliphatic carbocycles. The van der Waals surface area contributed by atoms with E-state index in [-0.39, 0.29) is 34.2 Å². The van der Waals surface area contributed by atoms with Crippen molar-refractivity contribution in [3.8, 4) is 0 Å². The summed E-state index contributed by atoms with van der Waals surface area (Å²) in [4.78, 5) is 14.5. The molecule has 8 aliphatic rings. The molecule has 0 amide bonds. The minimum absolute atomic E-state index is 0.00443. The maximum Gasteiger partial charge on any atom is 0.315 e. The summed E-state index contributed by atoms with van der Waals surface area (Å²) < 4.78 is 35.6. The van der Waals surface area contributed by atoms with Gasteiger partial charge in [-0.3, -0.25) is 4.79 Å². The van der Waals surface area contributed by atoms with Crippen molar-refractivity contribution in [3.63, 3.8) is 0 Å². The zero-order valence-corrected chi connectivity index (χ0v) is 38.5. The molecule has 8 rings (SSSR count). The molecule has 3 saturated carbocycles. The summed E-state index contributed by atoms with van der Waals surface area (Å²) in [5, 5.41) is 105. The van der Waals surface area contributed by atoms with Gasteiger partial charge in [0.2, 0.25) is 6.29 Å². The van der Waals surface area contributed by atoms with Crippen LogP contribution in [0.2, 0.25) is 0 Å². The maximum atomic E-state index is 14.5. The monoisotopic (exact) mass is 913 g/mol. The number of carbonyl (C=O) groups excluding carboxylic acids is 1. The van der Waals surface area contributed by atoms with Crippen LogP contribution in [0.1, 0.15) is 119 Å². The predicted octanol–water partition coefficient (Wildman–Crippen LogP) is 0.922. The average Bonchev–Trinajstić information content (AvgIpc) is 3.24. The van der Waals surface area contributed by atoms with Gasteiger partial charge in [-0.15, -0.1) is 0 Å². The average molecular weight is 913 g/mol. The number of fused-ring (bicyclic) bond motifs is 6. The number of aliphatic hydroxyl groups excluding tert-OH is 10. The molecule has 17 nitrogen and oxygen atoms in total. The van der Waals surface area contributed by atoms with Crippen molar-refractivity contribution in [2.45, 2.75) is 217 Å². The highest BCUT2D eigenvalue weighted by molar-refractivity contribution is 5.79. The molecule has 10 N–H and O–H groups in total. The van der Waals surface area contributed by atoms with Crippen LogP contribution in [0.3, 0.4) is 0 Å². The van der Waals surface area contributed by atoms with Crippen LogP contribution in [0, 0.1) is 44.8 Å². The van der Waals surface area contributed by atoms with Gasteiger partial charge in [-0.05, 0) is 117 Å². The van der Waals surface area contributed by atoms with Crippen molar-refractivity contribution in [2.24, 2.45) is 44.8 Å². The van der Waals surface area contributed by atoms with E-state index in [9.17, 15) is 55.9 Å². The van der Waals surface area contributed by atoms with Crippen LogP contribution in [-0.2, 0) is 33.2 Å². The van der Waals surface area contributed by atoms with Gasteiger partial charge >= 0.3 is 5.97 Å². The second kappa shape index (κ2) is 17.5. The fraction of sp³-hybridized carbons (Fsp3) is 0.936.